The Morgan fingerprint density at radius 2 is 1.74 bits per heavy atom. The average Bonchev–Trinajstić information content (AvgIpc) is 2.47. The van der Waals surface area contributed by atoms with Crippen molar-refractivity contribution in [1.82, 2.24) is 9.80 Å². The third-order valence-corrected chi connectivity index (χ3v) is 4.24. The predicted octanol–water partition coefficient (Wildman–Crippen LogP) is 3.21. The van der Waals surface area contributed by atoms with Gasteiger partial charge in [0.1, 0.15) is 18.5 Å². The second-order valence-corrected chi connectivity index (χ2v) is 6.12. The van der Waals surface area contributed by atoms with Crippen LogP contribution in [0, 0.1) is 0 Å². The number of rotatable bonds is 6. The highest BCUT2D eigenvalue weighted by Gasteiger charge is 2.18. The molecular weight excluding hydrogens is 382 g/mol. The van der Waals surface area contributed by atoms with Crippen LogP contribution in [0.5, 0.6) is 5.75 Å². The molecule has 0 bridgehead atoms. The Hall–Kier alpha value is 0.0600. The van der Waals surface area contributed by atoms with Crippen LogP contribution in [0.4, 0.5) is 0 Å². The van der Waals surface area contributed by atoms with Crippen molar-refractivity contribution >= 4 is 48.0 Å². The molecule has 1 aromatic carbocycles. The summed E-state index contributed by atoms with van der Waals surface area (Å²) in [5, 5.41) is 11.1. The topological polar surface area (TPSA) is 35.9 Å². The lowest BCUT2D eigenvalue weighted by Gasteiger charge is -2.34. The van der Waals surface area contributed by atoms with Crippen LogP contribution in [0.3, 0.4) is 0 Å². The van der Waals surface area contributed by atoms with Crippen LogP contribution in [-0.4, -0.2) is 66.9 Å². The molecule has 134 valence electrons. The summed E-state index contributed by atoms with van der Waals surface area (Å²) in [5.41, 5.74) is 0. The average molecular weight is 406 g/mol. The van der Waals surface area contributed by atoms with E-state index in [2.05, 4.69) is 16.7 Å². The molecule has 1 aliphatic rings. The maximum Gasteiger partial charge on any atom is 0.138 e. The third-order valence-electron chi connectivity index (χ3n) is 3.71. The Bertz CT molecular complexity index is 457. The number of aliphatic hydroxyl groups excluding tert-OH is 1. The van der Waals surface area contributed by atoms with Gasteiger partial charge in [-0.2, -0.15) is 0 Å². The maximum atomic E-state index is 10.1. The molecule has 0 aliphatic carbocycles. The van der Waals surface area contributed by atoms with Gasteiger partial charge in [0.05, 0.1) is 5.02 Å². The molecule has 1 atom stereocenters. The first-order chi connectivity index (χ1) is 10.1. The van der Waals surface area contributed by atoms with E-state index in [1.165, 1.54) is 0 Å². The van der Waals surface area contributed by atoms with Crippen LogP contribution in [0.2, 0.25) is 10.0 Å². The fraction of sp³-hybridized carbons (Fsp3) is 0.600. The molecule has 1 heterocycles. The maximum absolute atomic E-state index is 10.1. The Morgan fingerprint density at radius 3 is 2.30 bits per heavy atom. The van der Waals surface area contributed by atoms with Crippen LogP contribution >= 0.6 is 48.0 Å². The summed E-state index contributed by atoms with van der Waals surface area (Å²) in [7, 11) is 0. The zero-order valence-electron chi connectivity index (χ0n) is 13.1. The molecule has 2 rings (SSSR count). The van der Waals surface area contributed by atoms with Crippen LogP contribution in [0.1, 0.15) is 6.92 Å². The lowest BCUT2D eigenvalue weighted by Crippen LogP contribution is -2.49. The van der Waals surface area contributed by atoms with Gasteiger partial charge in [-0.05, 0) is 24.7 Å². The van der Waals surface area contributed by atoms with Crippen molar-refractivity contribution in [1.29, 1.82) is 0 Å². The van der Waals surface area contributed by atoms with Crippen molar-refractivity contribution in [2.75, 3.05) is 45.9 Å². The SMILES string of the molecule is CCN1CCN(CC(O)COc2ccc(Cl)cc2Cl)CC1.Cl.Cl. The second kappa shape index (κ2) is 11.6. The van der Waals surface area contributed by atoms with E-state index in [9.17, 15) is 5.11 Å². The van der Waals surface area contributed by atoms with E-state index in [0.29, 0.717) is 22.3 Å². The van der Waals surface area contributed by atoms with E-state index < -0.39 is 6.10 Å². The molecule has 0 spiro atoms. The molecule has 1 saturated heterocycles. The summed E-state index contributed by atoms with van der Waals surface area (Å²) >= 11 is 11.9. The monoisotopic (exact) mass is 404 g/mol. The summed E-state index contributed by atoms with van der Waals surface area (Å²) < 4.78 is 5.56. The fourth-order valence-electron chi connectivity index (χ4n) is 2.42. The zero-order chi connectivity index (χ0) is 15.2. The van der Waals surface area contributed by atoms with Crippen molar-refractivity contribution in [3.05, 3.63) is 28.2 Å². The van der Waals surface area contributed by atoms with E-state index in [0.717, 1.165) is 32.7 Å². The molecular formula is C15H24Cl4N2O2. The zero-order valence-corrected chi connectivity index (χ0v) is 16.2. The molecule has 0 aromatic heterocycles. The standard InChI is InChI=1S/C15H22Cl2N2O2.2ClH/c1-2-18-5-7-19(8-6-18)10-13(20)11-21-15-4-3-12(16)9-14(15)17;;/h3-4,9,13,20H,2,5-8,10-11H2,1H3;2*1H. The number of aliphatic hydroxyl groups is 1. The van der Waals surface area contributed by atoms with Gasteiger partial charge in [-0.15, -0.1) is 24.8 Å². The number of nitrogens with zero attached hydrogens (tertiary/aromatic N) is 2. The van der Waals surface area contributed by atoms with Crippen LogP contribution < -0.4 is 4.74 Å². The molecule has 1 aromatic rings. The third kappa shape index (κ3) is 7.65. The van der Waals surface area contributed by atoms with Crippen LogP contribution in [-0.2, 0) is 0 Å². The number of halogens is 4. The molecule has 1 N–H and O–H groups in total. The van der Waals surface area contributed by atoms with Gasteiger partial charge < -0.3 is 14.7 Å². The largest absolute Gasteiger partial charge is 0.489 e. The number of hydrogen-bond acceptors (Lipinski definition) is 4. The van der Waals surface area contributed by atoms with E-state index in [1.54, 1.807) is 18.2 Å². The van der Waals surface area contributed by atoms with Gasteiger partial charge in [0.15, 0.2) is 0 Å². The van der Waals surface area contributed by atoms with Crippen LogP contribution in [0.25, 0.3) is 0 Å². The van der Waals surface area contributed by atoms with Gasteiger partial charge in [0, 0.05) is 37.7 Å². The van der Waals surface area contributed by atoms with Gasteiger partial charge in [0.25, 0.3) is 0 Å². The minimum absolute atomic E-state index is 0. The van der Waals surface area contributed by atoms with Crippen molar-refractivity contribution in [2.24, 2.45) is 0 Å². The first-order valence-electron chi connectivity index (χ1n) is 7.29. The molecule has 0 radical (unpaired) electrons. The molecule has 0 amide bonds. The molecule has 1 aliphatic heterocycles. The minimum atomic E-state index is -0.523. The summed E-state index contributed by atoms with van der Waals surface area (Å²) in [6.07, 6.45) is -0.523. The molecule has 1 fully saturated rings. The Kier molecular flexibility index (Phi) is 11.6. The van der Waals surface area contributed by atoms with E-state index >= 15 is 0 Å². The van der Waals surface area contributed by atoms with Gasteiger partial charge in [-0.25, -0.2) is 0 Å². The quantitative estimate of drug-likeness (QED) is 0.788. The van der Waals surface area contributed by atoms with E-state index in [1.807, 2.05) is 0 Å². The fourth-order valence-corrected chi connectivity index (χ4v) is 2.88. The first kappa shape index (κ1) is 23.1. The highest BCUT2D eigenvalue weighted by Crippen LogP contribution is 2.27. The highest BCUT2D eigenvalue weighted by atomic mass is 35.5. The molecule has 23 heavy (non-hydrogen) atoms. The molecule has 1 unspecified atom stereocenters. The lowest BCUT2D eigenvalue weighted by molar-refractivity contribution is 0.0471. The molecule has 4 nitrogen and oxygen atoms in total. The lowest BCUT2D eigenvalue weighted by atomic mass is 10.2. The Balaban J connectivity index is 0.00000242. The first-order valence-corrected chi connectivity index (χ1v) is 8.04. The number of piperazine rings is 1. The summed E-state index contributed by atoms with van der Waals surface area (Å²) in [5.74, 6) is 0.552. The summed E-state index contributed by atoms with van der Waals surface area (Å²) in [6.45, 7) is 8.24. The second-order valence-electron chi connectivity index (χ2n) is 5.27. The summed E-state index contributed by atoms with van der Waals surface area (Å²) in [6, 6.07) is 5.07. The smallest absolute Gasteiger partial charge is 0.138 e. The molecule has 0 saturated carbocycles. The number of benzene rings is 1. The van der Waals surface area contributed by atoms with Crippen LogP contribution in [0.15, 0.2) is 18.2 Å². The van der Waals surface area contributed by atoms with Crippen molar-refractivity contribution in [2.45, 2.75) is 13.0 Å². The summed E-state index contributed by atoms with van der Waals surface area (Å²) in [4.78, 5) is 4.68. The van der Waals surface area contributed by atoms with Crippen molar-refractivity contribution < 1.29 is 9.84 Å². The van der Waals surface area contributed by atoms with E-state index in [4.69, 9.17) is 27.9 Å². The Morgan fingerprint density at radius 1 is 1.13 bits per heavy atom. The normalized spacial score (nSPS) is 17.0. The van der Waals surface area contributed by atoms with Gasteiger partial charge in [-0.3, -0.25) is 4.90 Å². The molecule has 8 heteroatoms. The van der Waals surface area contributed by atoms with Crippen molar-refractivity contribution in [3.8, 4) is 5.75 Å². The number of likely N-dealkylation sites (N-methyl/N-ethyl adjacent to an activating group) is 1. The van der Waals surface area contributed by atoms with Gasteiger partial charge in [-0.1, -0.05) is 30.1 Å². The van der Waals surface area contributed by atoms with Gasteiger partial charge >= 0.3 is 0 Å². The number of hydrogen-bond donors (Lipinski definition) is 1. The number of ether oxygens (including phenoxy) is 1. The highest BCUT2D eigenvalue weighted by molar-refractivity contribution is 6.35. The van der Waals surface area contributed by atoms with Crippen molar-refractivity contribution in [3.63, 3.8) is 0 Å². The van der Waals surface area contributed by atoms with Gasteiger partial charge in [0.2, 0.25) is 0 Å². The number of β-amino-alcohol motifs (C(OH)–C–C–N with tert-alkyl or cyclic N) is 1. The Labute approximate surface area is 160 Å². The predicted molar refractivity (Wildman–Crippen MR) is 101 cm³/mol. The minimum Gasteiger partial charge on any atom is -0.489 e. The van der Waals surface area contributed by atoms with E-state index in [-0.39, 0.29) is 31.4 Å².